The summed E-state index contributed by atoms with van der Waals surface area (Å²) in [6.07, 6.45) is -0.430. The first-order valence-electron chi connectivity index (χ1n) is 6.56. The van der Waals surface area contributed by atoms with Crippen molar-refractivity contribution in [3.63, 3.8) is 0 Å². The fraction of sp³-hybridized carbons (Fsp3) is 0.467. The van der Waals surface area contributed by atoms with Gasteiger partial charge in [-0.15, -0.1) is 0 Å². The van der Waals surface area contributed by atoms with E-state index in [1.807, 2.05) is 22.6 Å². The molecular weight excluding hydrogens is 385 g/mol. The van der Waals surface area contributed by atoms with Crippen LogP contribution in [0.15, 0.2) is 24.3 Å². The Morgan fingerprint density at radius 2 is 1.76 bits per heavy atom. The number of primary amides is 1. The second kappa shape index (κ2) is 6.74. The zero-order valence-electron chi connectivity index (χ0n) is 12.9. The third kappa shape index (κ3) is 6.90. The molecule has 0 aliphatic heterocycles. The van der Waals surface area contributed by atoms with Crippen LogP contribution in [-0.2, 0) is 9.53 Å². The molecule has 0 spiro atoms. The fourth-order valence-corrected chi connectivity index (χ4v) is 1.47. The number of carbonyl (C=O) groups is 2. The smallest absolute Gasteiger partial charge is 0.425 e. The molecule has 0 atom stereocenters. The first kappa shape index (κ1) is 17.9. The molecule has 0 heterocycles. The number of hydrogen-bond acceptors (Lipinski definition) is 4. The van der Waals surface area contributed by atoms with Crippen LogP contribution in [0.25, 0.3) is 0 Å². The van der Waals surface area contributed by atoms with Gasteiger partial charge < -0.3 is 9.47 Å². The van der Waals surface area contributed by atoms with Gasteiger partial charge in [0.15, 0.2) is 0 Å². The minimum absolute atomic E-state index is 0.336. The normalized spacial score (nSPS) is 11.9. The van der Waals surface area contributed by atoms with Crippen LogP contribution in [0.4, 0.5) is 10.5 Å². The van der Waals surface area contributed by atoms with Crippen LogP contribution in [0.3, 0.4) is 0 Å². The maximum atomic E-state index is 11.8. The lowest BCUT2D eigenvalue weighted by molar-refractivity contribution is -0.486. The van der Waals surface area contributed by atoms with E-state index in [-0.39, 0.29) is 5.97 Å². The number of alkyl halides is 1. The van der Waals surface area contributed by atoms with Gasteiger partial charge in [-0.1, -0.05) is 28.7 Å². The molecule has 0 unspecified atom stereocenters. The number of nitrogens with two attached hydrogens (primary N) is 1. The second-order valence-corrected chi connectivity index (χ2v) is 8.81. The Balaban J connectivity index is 2.73. The van der Waals surface area contributed by atoms with E-state index in [9.17, 15) is 9.59 Å². The first-order valence-corrected chi connectivity index (χ1v) is 7.64. The van der Waals surface area contributed by atoms with Crippen molar-refractivity contribution in [3.8, 4) is 5.75 Å². The van der Waals surface area contributed by atoms with Crippen LogP contribution < -0.4 is 10.1 Å². The molecule has 0 saturated heterocycles. The maximum Gasteiger partial charge on any atom is 0.518 e. The monoisotopic (exact) mass is 406 g/mol. The molecule has 116 valence electrons. The molecule has 0 bridgehead atoms. The third-order valence-electron chi connectivity index (χ3n) is 2.25. The summed E-state index contributed by atoms with van der Waals surface area (Å²) in [6.45, 7) is 8.96. The Bertz CT molecular complexity index is 529. The van der Waals surface area contributed by atoms with E-state index in [0.717, 1.165) is 0 Å². The molecule has 0 aliphatic rings. The number of amides is 1. The minimum atomic E-state index is -0.608. The largest absolute Gasteiger partial charge is 0.518 e. The minimum Gasteiger partial charge on any atom is -0.425 e. The van der Waals surface area contributed by atoms with Crippen molar-refractivity contribution in [2.45, 2.75) is 43.6 Å². The number of ether oxygens (including phenoxy) is 2. The van der Waals surface area contributed by atoms with Gasteiger partial charge in [0.25, 0.3) is 0 Å². The average molecular weight is 406 g/mol. The number of halogens is 1. The van der Waals surface area contributed by atoms with E-state index < -0.39 is 15.1 Å². The van der Waals surface area contributed by atoms with Gasteiger partial charge in [0.2, 0.25) is 0 Å². The average Bonchev–Trinajstić information content (AvgIpc) is 2.25. The summed E-state index contributed by atoms with van der Waals surface area (Å²) >= 11 is 2.02. The molecule has 1 aromatic carbocycles. The molecular formula is C15H21INO4+. The van der Waals surface area contributed by atoms with Gasteiger partial charge >= 0.3 is 12.1 Å². The Morgan fingerprint density at radius 3 is 2.29 bits per heavy atom. The predicted octanol–water partition coefficient (Wildman–Crippen LogP) is 2.94. The summed E-state index contributed by atoms with van der Waals surface area (Å²) in [4.78, 5) is 23.6. The van der Waals surface area contributed by atoms with Crippen molar-refractivity contribution in [2.24, 2.45) is 0 Å². The van der Waals surface area contributed by atoms with Crippen molar-refractivity contribution in [1.82, 2.24) is 0 Å². The number of benzene rings is 1. The van der Waals surface area contributed by atoms with Crippen LogP contribution >= 0.6 is 22.6 Å². The summed E-state index contributed by atoms with van der Waals surface area (Å²) in [5, 5.41) is 1.37. The molecule has 0 saturated carbocycles. The Kier molecular flexibility index (Phi) is 5.75. The Morgan fingerprint density at radius 1 is 1.14 bits per heavy atom. The lowest BCUT2D eigenvalue weighted by Crippen LogP contribution is -2.83. The summed E-state index contributed by atoms with van der Waals surface area (Å²) in [5.41, 5.74) is 0.0870. The van der Waals surface area contributed by atoms with Crippen molar-refractivity contribution in [2.75, 3.05) is 0 Å². The van der Waals surface area contributed by atoms with E-state index in [4.69, 9.17) is 9.47 Å². The van der Waals surface area contributed by atoms with Crippen molar-refractivity contribution < 1.29 is 24.4 Å². The van der Waals surface area contributed by atoms with E-state index in [2.05, 4.69) is 0 Å². The van der Waals surface area contributed by atoms with E-state index in [1.165, 1.54) is 5.32 Å². The van der Waals surface area contributed by atoms with Gasteiger partial charge in [0, 0.05) is 6.07 Å². The van der Waals surface area contributed by atoms with Gasteiger partial charge in [0.05, 0.1) is 0 Å². The molecule has 5 nitrogen and oxygen atoms in total. The maximum absolute atomic E-state index is 11.8. The van der Waals surface area contributed by atoms with Gasteiger partial charge in [-0.05, 0) is 46.8 Å². The second-order valence-electron chi connectivity index (χ2n) is 6.11. The summed E-state index contributed by atoms with van der Waals surface area (Å²) < 4.78 is 9.89. The predicted molar refractivity (Wildman–Crippen MR) is 88.0 cm³/mol. The van der Waals surface area contributed by atoms with Crippen LogP contribution in [0.5, 0.6) is 5.75 Å². The topological polar surface area (TPSA) is 69.2 Å². The molecule has 0 aliphatic carbocycles. The molecule has 0 radical (unpaired) electrons. The molecule has 0 fully saturated rings. The number of rotatable bonds is 3. The molecule has 1 amide bonds. The van der Waals surface area contributed by atoms with Gasteiger partial charge in [-0.3, -0.25) is 4.79 Å². The van der Waals surface area contributed by atoms with Crippen LogP contribution in [-0.4, -0.2) is 21.1 Å². The van der Waals surface area contributed by atoms with E-state index >= 15 is 0 Å². The fourth-order valence-electron chi connectivity index (χ4n) is 1.36. The highest BCUT2D eigenvalue weighted by molar-refractivity contribution is 14.1. The summed E-state index contributed by atoms with van der Waals surface area (Å²) in [7, 11) is 0. The van der Waals surface area contributed by atoms with Crippen LogP contribution in [0.1, 0.15) is 34.6 Å². The van der Waals surface area contributed by atoms with Crippen molar-refractivity contribution in [3.05, 3.63) is 24.3 Å². The van der Waals surface area contributed by atoms with Gasteiger partial charge in [0.1, 0.15) is 20.5 Å². The van der Waals surface area contributed by atoms with Gasteiger partial charge in [-0.25, -0.2) is 5.32 Å². The van der Waals surface area contributed by atoms with Crippen LogP contribution in [0, 0.1) is 0 Å². The highest BCUT2D eigenvalue weighted by Crippen LogP contribution is 2.22. The van der Waals surface area contributed by atoms with Crippen LogP contribution in [0.2, 0.25) is 0 Å². The Hall–Kier alpha value is -1.15. The Labute approximate surface area is 138 Å². The molecule has 21 heavy (non-hydrogen) atoms. The lowest BCUT2D eigenvalue weighted by Gasteiger charge is -2.17. The quantitative estimate of drug-likeness (QED) is 0.276. The number of carbonyl (C=O) groups excluding carboxylic acids is 2. The van der Waals surface area contributed by atoms with E-state index in [1.54, 1.807) is 58.9 Å². The summed E-state index contributed by atoms with van der Waals surface area (Å²) in [6, 6.07) is 6.77. The van der Waals surface area contributed by atoms with Gasteiger partial charge in [-0.2, -0.15) is 4.79 Å². The molecule has 1 aromatic rings. The highest BCUT2D eigenvalue weighted by Gasteiger charge is 2.26. The lowest BCUT2D eigenvalue weighted by atomic mass is 10.2. The van der Waals surface area contributed by atoms with E-state index in [0.29, 0.717) is 11.4 Å². The van der Waals surface area contributed by atoms with Crippen molar-refractivity contribution in [1.29, 1.82) is 0 Å². The SMILES string of the molecule is CC(C)(C)OC(=O)[NH2+]c1cccc(OC(=O)C(C)(C)I)c1. The standard InChI is InChI=1S/C15H20INO4/c1-14(2,3)21-13(19)17-10-7-6-8-11(9-10)20-12(18)15(4,5)16/h6-9H,1-5H3,(H,17,19)/p+1. The van der Waals surface area contributed by atoms with Crippen molar-refractivity contribution >= 4 is 40.3 Å². The molecule has 0 aromatic heterocycles. The zero-order chi connectivity index (χ0) is 16.3. The number of hydrogen-bond donors (Lipinski definition) is 1. The highest BCUT2D eigenvalue weighted by atomic mass is 127. The molecule has 6 heteroatoms. The molecule has 2 N–H and O–H groups in total. The first-order chi connectivity index (χ1) is 9.47. The molecule has 1 rings (SSSR count). The number of quaternary nitrogens is 1. The number of esters is 1. The zero-order valence-corrected chi connectivity index (χ0v) is 15.1. The summed E-state index contributed by atoms with van der Waals surface area (Å²) in [5.74, 6) is 0.0690. The third-order valence-corrected chi connectivity index (χ3v) is 2.69.